The number of halogens is 1. The van der Waals surface area contributed by atoms with Crippen LogP contribution in [-0.2, 0) is 0 Å². The monoisotopic (exact) mass is 316 g/mol. The molecule has 1 aliphatic rings. The Hall–Kier alpha value is -2.94. The molecule has 0 fully saturated rings. The third-order valence-corrected chi connectivity index (χ3v) is 4.29. The van der Waals surface area contributed by atoms with Gasteiger partial charge in [-0.3, -0.25) is 5.01 Å². The topological polar surface area (TPSA) is 15.6 Å². The molecule has 2 nitrogen and oxygen atoms in total. The van der Waals surface area contributed by atoms with Crippen molar-refractivity contribution in [3.8, 4) is 0 Å². The number of rotatable bonds is 3. The molecule has 1 aliphatic heterocycles. The fraction of sp³-hybridized carbons (Fsp3) is 0.0952. The van der Waals surface area contributed by atoms with Crippen molar-refractivity contribution < 1.29 is 4.39 Å². The van der Waals surface area contributed by atoms with Gasteiger partial charge in [0.2, 0.25) is 0 Å². The molecule has 0 unspecified atom stereocenters. The molecule has 4 rings (SSSR count). The largest absolute Gasteiger partial charge is 0.257 e. The van der Waals surface area contributed by atoms with Crippen LogP contribution in [0.4, 0.5) is 10.1 Å². The van der Waals surface area contributed by atoms with Crippen LogP contribution in [0.25, 0.3) is 0 Å². The normalized spacial score (nSPS) is 17.0. The highest BCUT2D eigenvalue weighted by molar-refractivity contribution is 6.03. The van der Waals surface area contributed by atoms with Crippen LogP contribution in [0.2, 0.25) is 0 Å². The molecule has 0 aromatic heterocycles. The molecule has 0 saturated carbocycles. The van der Waals surface area contributed by atoms with Gasteiger partial charge in [0.25, 0.3) is 0 Å². The van der Waals surface area contributed by atoms with E-state index in [4.69, 9.17) is 5.10 Å². The summed E-state index contributed by atoms with van der Waals surface area (Å²) in [5.41, 5.74) is 4.23. The van der Waals surface area contributed by atoms with Gasteiger partial charge in [0.05, 0.1) is 17.4 Å². The van der Waals surface area contributed by atoms with Crippen LogP contribution in [-0.4, -0.2) is 5.71 Å². The van der Waals surface area contributed by atoms with E-state index in [1.165, 1.54) is 17.7 Å². The second-order valence-corrected chi connectivity index (χ2v) is 5.86. The SMILES string of the molecule is Fc1ccc(C2=NN(c3ccccc3)[C@@H](c3ccccc3)C2)cc1. The number of anilines is 1. The van der Waals surface area contributed by atoms with Crippen molar-refractivity contribution in [1.82, 2.24) is 0 Å². The highest BCUT2D eigenvalue weighted by Gasteiger charge is 2.29. The minimum Gasteiger partial charge on any atom is -0.257 e. The molecule has 118 valence electrons. The third kappa shape index (κ3) is 2.81. The quantitative estimate of drug-likeness (QED) is 0.650. The first-order chi connectivity index (χ1) is 11.8. The van der Waals surface area contributed by atoms with Crippen molar-refractivity contribution in [2.24, 2.45) is 5.10 Å². The summed E-state index contributed by atoms with van der Waals surface area (Å²) in [5, 5.41) is 6.91. The zero-order valence-corrected chi connectivity index (χ0v) is 13.1. The molecule has 3 aromatic carbocycles. The second kappa shape index (κ2) is 6.28. The number of hydrazone groups is 1. The maximum absolute atomic E-state index is 13.2. The fourth-order valence-electron chi connectivity index (χ4n) is 3.08. The lowest BCUT2D eigenvalue weighted by Gasteiger charge is -2.23. The summed E-state index contributed by atoms with van der Waals surface area (Å²) in [6.07, 6.45) is 0.796. The Morgan fingerprint density at radius 2 is 1.42 bits per heavy atom. The van der Waals surface area contributed by atoms with E-state index in [0.29, 0.717) is 0 Å². The van der Waals surface area contributed by atoms with Crippen LogP contribution in [0.15, 0.2) is 90.0 Å². The first kappa shape index (κ1) is 14.6. The minimum atomic E-state index is -0.225. The Kier molecular flexibility index (Phi) is 3.83. The second-order valence-electron chi connectivity index (χ2n) is 5.86. The van der Waals surface area contributed by atoms with Crippen LogP contribution >= 0.6 is 0 Å². The van der Waals surface area contributed by atoms with Gasteiger partial charge in [0.15, 0.2) is 0 Å². The molecule has 1 heterocycles. The van der Waals surface area contributed by atoms with Crippen molar-refractivity contribution in [2.45, 2.75) is 12.5 Å². The predicted octanol–water partition coefficient (Wildman–Crippen LogP) is 5.18. The molecule has 0 aliphatic carbocycles. The molecule has 1 atom stereocenters. The van der Waals surface area contributed by atoms with Crippen molar-refractivity contribution in [3.63, 3.8) is 0 Å². The zero-order valence-electron chi connectivity index (χ0n) is 13.1. The Bertz CT molecular complexity index is 842. The first-order valence-electron chi connectivity index (χ1n) is 8.04. The lowest BCUT2D eigenvalue weighted by molar-refractivity contribution is 0.627. The third-order valence-electron chi connectivity index (χ3n) is 4.29. The van der Waals surface area contributed by atoms with Gasteiger partial charge < -0.3 is 0 Å². The van der Waals surface area contributed by atoms with E-state index in [9.17, 15) is 4.39 Å². The number of hydrogen-bond acceptors (Lipinski definition) is 2. The lowest BCUT2D eigenvalue weighted by Crippen LogP contribution is -2.18. The van der Waals surface area contributed by atoms with Gasteiger partial charge in [0, 0.05) is 6.42 Å². The van der Waals surface area contributed by atoms with E-state index in [-0.39, 0.29) is 11.9 Å². The summed E-state index contributed by atoms with van der Waals surface area (Å²) in [5.74, 6) is -0.225. The highest BCUT2D eigenvalue weighted by Crippen LogP contribution is 2.36. The first-order valence-corrected chi connectivity index (χ1v) is 8.04. The molecule has 0 radical (unpaired) electrons. The maximum atomic E-state index is 13.2. The van der Waals surface area contributed by atoms with Gasteiger partial charge in [0.1, 0.15) is 5.82 Å². The summed E-state index contributed by atoms with van der Waals surface area (Å²) in [6, 6.07) is 27.3. The van der Waals surface area contributed by atoms with E-state index in [1.807, 2.05) is 36.4 Å². The highest BCUT2D eigenvalue weighted by atomic mass is 19.1. The molecule has 0 saturated heterocycles. The van der Waals surface area contributed by atoms with Crippen molar-refractivity contribution in [2.75, 3.05) is 5.01 Å². The van der Waals surface area contributed by atoms with E-state index in [2.05, 4.69) is 29.3 Å². The van der Waals surface area contributed by atoms with E-state index in [1.54, 1.807) is 12.1 Å². The summed E-state index contributed by atoms with van der Waals surface area (Å²) in [4.78, 5) is 0. The lowest BCUT2D eigenvalue weighted by atomic mass is 9.98. The summed E-state index contributed by atoms with van der Waals surface area (Å²) in [7, 11) is 0. The fourth-order valence-corrected chi connectivity index (χ4v) is 3.08. The Morgan fingerprint density at radius 3 is 2.08 bits per heavy atom. The number of nitrogens with zero attached hydrogens (tertiary/aromatic N) is 2. The van der Waals surface area contributed by atoms with E-state index < -0.39 is 0 Å². The minimum absolute atomic E-state index is 0.147. The number of hydrogen-bond donors (Lipinski definition) is 0. The van der Waals surface area contributed by atoms with Gasteiger partial charge >= 0.3 is 0 Å². The van der Waals surface area contributed by atoms with Gasteiger partial charge in [-0.05, 0) is 35.4 Å². The average Bonchev–Trinajstić information content (AvgIpc) is 3.09. The average molecular weight is 316 g/mol. The van der Waals surface area contributed by atoms with Crippen molar-refractivity contribution >= 4 is 11.4 Å². The number of benzene rings is 3. The van der Waals surface area contributed by atoms with Crippen molar-refractivity contribution in [1.29, 1.82) is 0 Å². The Morgan fingerprint density at radius 1 is 0.792 bits per heavy atom. The van der Waals surface area contributed by atoms with Gasteiger partial charge in [-0.2, -0.15) is 5.10 Å². The number of para-hydroxylation sites is 1. The van der Waals surface area contributed by atoms with E-state index in [0.717, 1.165) is 23.4 Å². The van der Waals surface area contributed by atoms with Crippen LogP contribution in [0.1, 0.15) is 23.6 Å². The molecule has 3 aromatic rings. The molecular weight excluding hydrogens is 299 g/mol. The molecule has 3 heteroatoms. The van der Waals surface area contributed by atoms with Crippen LogP contribution < -0.4 is 5.01 Å². The van der Waals surface area contributed by atoms with Gasteiger partial charge in [-0.25, -0.2) is 4.39 Å². The molecule has 0 amide bonds. The summed E-state index contributed by atoms with van der Waals surface area (Å²) < 4.78 is 13.2. The summed E-state index contributed by atoms with van der Waals surface area (Å²) >= 11 is 0. The van der Waals surface area contributed by atoms with Crippen LogP contribution in [0.5, 0.6) is 0 Å². The van der Waals surface area contributed by atoms with Crippen molar-refractivity contribution in [3.05, 3.63) is 102 Å². The molecule has 0 spiro atoms. The standard InChI is InChI=1S/C21H17FN2/c22-18-13-11-16(12-14-18)20-15-21(17-7-3-1-4-8-17)24(23-20)19-9-5-2-6-10-19/h1-14,21H,15H2/t21-/m1/s1. The Balaban J connectivity index is 1.74. The predicted molar refractivity (Wildman–Crippen MR) is 95.7 cm³/mol. The molecule has 0 N–H and O–H groups in total. The Labute approximate surface area is 140 Å². The van der Waals surface area contributed by atoms with Crippen LogP contribution in [0.3, 0.4) is 0 Å². The van der Waals surface area contributed by atoms with E-state index >= 15 is 0 Å². The van der Waals surface area contributed by atoms with Gasteiger partial charge in [-0.1, -0.05) is 60.7 Å². The smallest absolute Gasteiger partial charge is 0.123 e. The molecule has 24 heavy (non-hydrogen) atoms. The summed E-state index contributed by atoms with van der Waals surface area (Å²) in [6.45, 7) is 0. The van der Waals surface area contributed by atoms with Gasteiger partial charge in [-0.15, -0.1) is 0 Å². The maximum Gasteiger partial charge on any atom is 0.123 e. The molecule has 0 bridgehead atoms. The zero-order chi connectivity index (χ0) is 16.4. The molecular formula is C21H17FN2. The van der Waals surface area contributed by atoms with Crippen LogP contribution in [0, 0.1) is 5.82 Å².